The quantitative estimate of drug-likeness (QED) is 0.380. The maximum atomic E-state index is 6.28. The van der Waals surface area contributed by atoms with Gasteiger partial charge in [0.2, 0.25) is 5.95 Å². The molecule has 0 unspecified atom stereocenters. The highest BCUT2D eigenvalue weighted by Crippen LogP contribution is 2.31. The summed E-state index contributed by atoms with van der Waals surface area (Å²) in [7, 11) is 1.60. The number of nitrogens with zero attached hydrogens (tertiary/aromatic N) is 2. The SMILES string of the molecule is COc1ccc(Cl)cc1Nc1nc(NCc2ccccc2Cl)c2ccccc2n1. The van der Waals surface area contributed by atoms with E-state index < -0.39 is 0 Å². The van der Waals surface area contributed by atoms with E-state index in [1.165, 1.54) is 0 Å². The normalized spacial score (nSPS) is 10.7. The standard InChI is InChI=1S/C22H18Cl2N4O/c1-29-20-11-10-15(23)12-19(20)27-22-26-18-9-5-3-7-16(18)21(28-22)25-13-14-6-2-4-8-17(14)24/h2-12H,13H2,1H3,(H2,25,26,27,28). The lowest BCUT2D eigenvalue weighted by Gasteiger charge is -2.14. The van der Waals surface area contributed by atoms with Crippen LogP contribution in [-0.4, -0.2) is 17.1 Å². The molecule has 0 amide bonds. The van der Waals surface area contributed by atoms with E-state index in [9.17, 15) is 0 Å². The minimum atomic E-state index is 0.436. The number of hydrogen-bond acceptors (Lipinski definition) is 5. The molecule has 29 heavy (non-hydrogen) atoms. The number of halogens is 2. The molecule has 0 bridgehead atoms. The zero-order valence-corrected chi connectivity index (χ0v) is 17.1. The fraction of sp³-hybridized carbons (Fsp3) is 0.0909. The first-order valence-electron chi connectivity index (χ1n) is 8.98. The Kier molecular flexibility index (Phi) is 5.69. The maximum Gasteiger partial charge on any atom is 0.229 e. The van der Waals surface area contributed by atoms with Crippen LogP contribution in [0.1, 0.15) is 5.56 Å². The summed E-state index contributed by atoms with van der Waals surface area (Å²) in [6.45, 7) is 0.542. The zero-order valence-electron chi connectivity index (χ0n) is 15.6. The van der Waals surface area contributed by atoms with E-state index in [2.05, 4.69) is 20.6 Å². The zero-order chi connectivity index (χ0) is 20.2. The van der Waals surface area contributed by atoms with Crippen LogP contribution in [0.2, 0.25) is 10.0 Å². The molecule has 0 radical (unpaired) electrons. The van der Waals surface area contributed by atoms with Crippen molar-refractivity contribution >= 4 is 51.6 Å². The number of ether oxygens (including phenoxy) is 1. The fourth-order valence-corrected chi connectivity index (χ4v) is 3.36. The predicted molar refractivity (Wildman–Crippen MR) is 120 cm³/mol. The van der Waals surface area contributed by atoms with Crippen LogP contribution in [-0.2, 0) is 6.54 Å². The number of fused-ring (bicyclic) bond motifs is 1. The Balaban J connectivity index is 1.69. The Labute approximate surface area is 178 Å². The van der Waals surface area contributed by atoms with Crippen molar-refractivity contribution in [3.05, 3.63) is 82.3 Å². The fourth-order valence-electron chi connectivity index (χ4n) is 2.99. The van der Waals surface area contributed by atoms with Crippen molar-refractivity contribution in [1.29, 1.82) is 0 Å². The highest BCUT2D eigenvalue weighted by atomic mass is 35.5. The van der Waals surface area contributed by atoms with Crippen molar-refractivity contribution in [1.82, 2.24) is 9.97 Å². The predicted octanol–water partition coefficient (Wildman–Crippen LogP) is 6.30. The summed E-state index contributed by atoms with van der Waals surface area (Å²) in [5, 5.41) is 8.80. The van der Waals surface area contributed by atoms with Gasteiger partial charge in [-0.25, -0.2) is 4.98 Å². The van der Waals surface area contributed by atoms with E-state index in [0.29, 0.717) is 39.8 Å². The number of aromatic nitrogens is 2. The van der Waals surface area contributed by atoms with Crippen molar-refractivity contribution in [2.24, 2.45) is 0 Å². The first-order valence-corrected chi connectivity index (χ1v) is 9.74. The third kappa shape index (κ3) is 4.36. The van der Waals surface area contributed by atoms with E-state index in [4.69, 9.17) is 27.9 Å². The summed E-state index contributed by atoms with van der Waals surface area (Å²) in [5.74, 6) is 1.79. The largest absolute Gasteiger partial charge is 0.495 e. The van der Waals surface area contributed by atoms with E-state index in [0.717, 1.165) is 16.5 Å². The Morgan fingerprint density at radius 2 is 1.72 bits per heavy atom. The van der Waals surface area contributed by atoms with Gasteiger partial charge in [-0.1, -0.05) is 53.5 Å². The van der Waals surface area contributed by atoms with Crippen molar-refractivity contribution < 1.29 is 4.74 Å². The molecule has 0 spiro atoms. The molecular weight excluding hydrogens is 407 g/mol. The van der Waals surface area contributed by atoms with Crippen molar-refractivity contribution in [3.63, 3.8) is 0 Å². The second kappa shape index (κ2) is 8.55. The molecule has 146 valence electrons. The molecule has 0 saturated heterocycles. The minimum Gasteiger partial charge on any atom is -0.495 e. The van der Waals surface area contributed by atoms with E-state index in [1.54, 1.807) is 25.3 Å². The summed E-state index contributed by atoms with van der Waals surface area (Å²) >= 11 is 12.4. The second-order valence-electron chi connectivity index (χ2n) is 6.33. The van der Waals surface area contributed by atoms with Gasteiger partial charge in [0.15, 0.2) is 0 Å². The Morgan fingerprint density at radius 1 is 0.931 bits per heavy atom. The molecule has 0 aliphatic rings. The highest BCUT2D eigenvalue weighted by Gasteiger charge is 2.11. The lowest BCUT2D eigenvalue weighted by molar-refractivity contribution is 0.417. The van der Waals surface area contributed by atoms with Gasteiger partial charge in [0.25, 0.3) is 0 Å². The molecule has 0 fully saturated rings. The van der Waals surface area contributed by atoms with Crippen LogP contribution in [0.25, 0.3) is 10.9 Å². The summed E-state index contributed by atoms with van der Waals surface area (Å²) < 4.78 is 5.40. The Hall–Kier alpha value is -3.02. The highest BCUT2D eigenvalue weighted by molar-refractivity contribution is 6.31. The first kappa shape index (κ1) is 19.3. The van der Waals surface area contributed by atoms with Gasteiger partial charge in [-0.05, 0) is 42.0 Å². The van der Waals surface area contributed by atoms with Gasteiger partial charge >= 0.3 is 0 Å². The second-order valence-corrected chi connectivity index (χ2v) is 7.17. The van der Waals surface area contributed by atoms with Gasteiger partial charge in [0.1, 0.15) is 11.6 Å². The van der Waals surface area contributed by atoms with E-state index in [-0.39, 0.29) is 0 Å². The Bertz CT molecular complexity index is 1170. The monoisotopic (exact) mass is 424 g/mol. The smallest absolute Gasteiger partial charge is 0.229 e. The van der Waals surface area contributed by atoms with Gasteiger partial charge in [0, 0.05) is 22.0 Å². The molecule has 4 rings (SSSR count). The molecule has 2 N–H and O–H groups in total. The molecule has 0 aliphatic heterocycles. The maximum absolute atomic E-state index is 6.28. The lowest BCUT2D eigenvalue weighted by atomic mass is 10.2. The average Bonchev–Trinajstić information content (AvgIpc) is 2.73. The van der Waals surface area contributed by atoms with E-state index in [1.807, 2.05) is 48.5 Å². The number of rotatable bonds is 6. The molecule has 0 saturated carbocycles. The lowest BCUT2D eigenvalue weighted by Crippen LogP contribution is -2.06. The van der Waals surface area contributed by atoms with Gasteiger partial charge in [0.05, 0.1) is 18.3 Å². The van der Waals surface area contributed by atoms with Crippen LogP contribution in [0, 0.1) is 0 Å². The van der Waals surface area contributed by atoms with Crippen molar-refractivity contribution in [2.45, 2.75) is 6.54 Å². The number of anilines is 3. The van der Waals surface area contributed by atoms with Crippen LogP contribution >= 0.6 is 23.2 Å². The molecule has 3 aromatic carbocycles. The summed E-state index contributed by atoms with van der Waals surface area (Å²) in [6, 6.07) is 20.9. The van der Waals surface area contributed by atoms with Gasteiger partial charge < -0.3 is 15.4 Å². The molecule has 0 aliphatic carbocycles. The molecular formula is C22H18Cl2N4O. The van der Waals surface area contributed by atoms with Crippen LogP contribution in [0.15, 0.2) is 66.7 Å². The molecule has 4 aromatic rings. The first-order chi connectivity index (χ1) is 14.1. The number of nitrogens with one attached hydrogen (secondary N) is 2. The van der Waals surface area contributed by atoms with Crippen LogP contribution in [0.3, 0.4) is 0 Å². The third-order valence-electron chi connectivity index (χ3n) is 4.42. The third-order valence-corrected chi connectivity index (χ3v) is 5.02. The van der Waals surface area contributed by atoms with Crippen molar-refractivity contribution in [3.8, 4) is 5.75 Å². The average molecular weight is 425 g/mol. The van der Waals surface area contributed by atoms with Gasteiger partial charge in [-0.15, -0.1) is 0 Å². The summed E-state index contributed by atoms with van der Waals surface area (Å²) in [4.78, 5) is 9.29. The minimum absolute atomic E-state index is 0.436. The topological polar surface area (TPSA) is 59.1 Å². The number of methoxy groups -OCH3 is 1. The van der Waals surface area contributed by atoms with Crippen LogP contribution < -0.4 is 15.4 Å². The number of benzene rings is 3. The number of hydrogen-bond donors (Lipinski definition) is 2. The van der Waals surface area contributed by atoms with E-state index >= 15 is 0 Å². The molecule has 7 heteroatoms. The summed E-state index contributed by atoms with van der Waals surface area (Å²) in [6.07, 6.45) is 0. The molecule has 0 atom stereocenters. The Morgan fingerprint density at radius 3 is 2.55 bits per heavy atom. The molecule has 1 heterocycles. The van der Waals surface area contributed by atoms with Crippen LogP contribution in [0.5, 0.6) is 5.75 Å². The van der Waals surface area contributed by atoms with Crippen LogP contribution in [0.4, 0.5) is 17.5 Å². The molecule has 1 aromatic heterocycles. The van der Waals surface area contributed by atoms with Gasteiger partial charge in [-0.2, -0.15) is 4.98 Å². The van der Waals surface area contributed by atoms with Crippen molar-refractivity contribution in [2.75, 3.05) is 17.7 Å². The van der Waals surface area contributed by atoms with Gasteiger partial charge in [-0.3, -0.25) is 0 Å². The molecule has 5 nitrogen and oxygen atoms in total. The summed E-state index contributed by atoms with van der Waals surface area (Å²) in [5.41, 5.74) is 2.49. The number of para-hydroxylation sites is 1.